The van der Waals surface area contributed by atoms with Crippen molar-refractivity contribution in [2.45, 2.75) is 27.3 Å². The number of benzene rings is 1. The topological polar surface area (TPSA) is 140 Å². The molecule has 0 aliphatic carbocycles. The van der Waals surface area contributed by atoms with E-state index in [0.29, 0.717) is 11.3 Å². The maximum atomic E-state index is 13.0. The number of carbonyl (C=O) groups is 2. The summed E-state index contributed by atoms with van der Waals surface area (Å²) in [5.74, 6) is -0.666. The van der Waals surface area contributed by atoms with Gasteiger partial charge in [-0.1, -0.05) is 26.0 Å². The molecule has 0 aliphatic rings. The molecule has 0 unspecified atom stereocenters. The Morgan fingerprint density at radius 2 is 1.91 bits per heavy atom. The quantitative estimate of drug-likeness (QED) is 0.501. The summed E-state index contributed by atoms with van der Waals surface area (Å²) in [5, 5.41) is 2.66. The van der Waals surface area contributed by atoms with Crippen molar-refractivity contribution >= 4 is 35.1 Å². The van der Waals surface area contributed by atoms with Crippen LogP contribution in [0.3, 0.4) is 0 Å². The second kappa shape index (κ2) is 11.1. The summed E-state index contributed by atoms with van der Waals surface area (Å²) in [7, 11) is 1.47. The molecule has 0 saturated carbocycles. The number of carbonyl (C=O) groups excluding carboxylic acids is 2. The number of hydrogen-bond donors (Lipinski definition) is 3. The number of hydrogen-bond acceptors (Lipinski definition) is 6. The van der Waals surface area contributed by atoms with Crippen molar-refractivity contribution in [3.63, 3.8) is 0 Å². The van der Waals surface area contributed by atoms with Crippen molar-refractivity contribution in [3.8, 4) is 0 Å². The van der Waals surface area contributed by atoms with E-state index in [4.69, 9.17) is 10.5 Å². The lowest BCUT2D eigenvalue weighted by Crippen LogP contribution is -2.42. The largest absolute Gasteiger partial charge is 0.383 e. The highest BCUT2D eigenvalue weighted by Crippen LogP contribution is 2.19. The van der Waals surface area contributed by atoms with Crippen LogP contribution in [0.15, 0.2) is 39.9 Å². The molecule has 4 N–H and O–H groups in total. The first kappa shape index (κ1) is 24.6. The zero-order valence-corrected chi connectivity index (χ0v) is 18.7. The third kappa shape index (κ3) is 6.42. The van der Waals surface area contributed by atoms with E-state index in [1.807, 2.05) is 13.8 Å². The Kier molecular flexibility index (Phi) is 8.54. The van der Waals surface area contributed by atoms with Gasteiger partial charge in [-0.3, -0.25) is 28.8 Å². The van der Waals surface area contributed by atoms with Crippen LogP contribution in [0.4, 0.5) is 17.2 Å². The molecule has 32 heavy (non-hydrogen) atoms. The molecule has 0 bridgehead atoms. The van der Waals surface area contributed by atoms with Gasteiger partial charge >= 0.3 is 5.69 Å². The SMILES string of the molecule is COCCN(C(=O)/C=C/c1ccc(NC(C)=O)cc1)c1c(N)n(CC(C)C)c(=O)[nH]c1=O. The highest BCUT2D eigenvalue weighted by molar-refractivity contribution is 6.05. The molecule has 172 valence electrons. The monoisotopic (exact) mass is 443 g/mol. The number of H-pyrrole nitrogens is 1. The highest BCUT2D eigenvalue weighted by atomic mass is 16.5. The summed E-state index contributed by atoms with van der Waals surface area (Å²) in [6.07, 6.45) is 2.88. The van der Waals surface area contributed by atoms with Gasteiger partial charge in [0.15, 0.2) is 5.69 Å². The van der Waals surface area contributed by atoms with E-state index in [0.717, 1.165) is 0 Å². The molecule has 0 spiro atoms. The Bertz CT molecular complexity index is 1100. The maximum absolute atomic E-state index is 13.0. The van der Waals surface area contributed by atoms with Crippen LogP contribution >= 0.6 is 0 Å². The normalized spacial score (nSPS) is 11.2. The zero-order valence-electron chi connectivity index (χ0n) is 18.7. The lowest BCUT2D eigenvalue weighted by Gasteiger charge is -2.23. The lowest BCUT2D eigenvalue weighted by atomic mass is 10.2. The molecule has 2 rings (SSSR count). The van der Waals surface area contributed by atoms with Crippen molar-refractivity contribution < 1.29 is 14.3 Å². The fraction of sp³-hybridized carbons (Fsp3) is 0.364. The van der Waals surface area contributed by atoms with Crippen molar-refractivity contribution in [2.75, 3.05) is 36.2 Å². The molecule has 1 aromatic carbocycles. The Morgan fingerprint density at radius 3 is 2.47 bits per heavy atom. The van der Waals surface area contributed by atoms with Gasteiger partial charge in [0.05, 0.1) is 6.61 Å². The summed E-state index contributed by atoms with van der Waals surface area (Å²) in [6.45, 7) is 5.74. The molecule has 10 nitrogen and oxygen atoms in total. The van der Waals surface area contributed by atoms with E-state index in [9.17, 15) is 19.2 Å². The average Bonchev–Trinajstić information content (AvgIpc) is 2.72. The molecule has 0 radical (unpaired) electrons. The van der Waals surface area contributed by atoms with E-state index >= 15 is 0 Å². The van der Waals surface area contributed by atoms with E-state index in [-0.39, 0.29) is 43.0 Å². The van der Waals surface area contributed by atoms with Crippen LogP contribution in [0.2, 0.25) is 0 Å². The molecule has 1 heterocycles. The maximum Gasteiger partial charge on any atom is 0.330 e. The molecule has 0 fully saturated rings. The van der Waals surface area contributed by atoms with Gasteiger partial charge in [-0.05, 0) is 29.7 Å². The van der Waals surface area contributed by atoms with Gasteiger partial charge < -0.3 is 15.8 Å². The zero-order chi connectivity index (χ0) is 23.8. The molecule has 0 saturated heterocycles. The van der Waals surface area contributed by atoms with Gasteiger partial charge in [0.1, 0.15) is 5.82 Å². The van der Waals surface area contributed by atoms with Gasteiger partial charge in [0, 0.05) is 38.9 Å². The van der Waals surface area contributed by atoms with Crippen LogP contribution in [-0.2, 0) is 20.9 Å². The van der Waals surface area contributed by atoms with Gasteiger partial charge in [-0.25, -0.2) is 4.79 Å². The predicted octanol–water partition coefficient (Wildman–Crippen LogP) is 1.43. The summed E-state index contributed by atoms with van der Waals surface area (Å²) in [5.41, 5.74) is 6.03. The standard InChI is InChI=1S/C22H29N5O5/c1-14(2)13-27-20(23)19(21(30)25-22(27)31)26(11-12-32-4)18(29)10-7-16-5-8-17(9-6-16)24-15(3)28/h5-10,14H,11-13,23H2,1-4H3,(H,24,28)(H,25,30,31)/b10-7+. The van der Waals surface area contributed by atoms with Crippen LogP contribution < -0.4 is 27.2 Å². The number of methoxy groups -OCH3 is 1. The second-order valence-corrected chi connectivity index (χ2v) is 7.62. The number of aromatic amines is 1. The highest BCUT2D eigenvalue weighted by Gasteiger charge is 2.23. The van der Waals surface area contributed by atoms with Crippen molar-refractivity contribution in [1.29, 1.82) is 0 Å². The Morgan fingerprint density at radius 1 is 1.25 bits per heavy atom. The van der Waals surface area contributed by atoms with Gasteiger partial charge in [-0.2, -0.15) is 0 Å². The predicted molar refractivity (Wildman–Crippen MR) is 125 cm³/mol. The number of aromatic nitrogens is 2. The number of amides is 2. The summed E-state index contributed by atoms with van der Waals surface area (Å²) >= 11 is 0. The van der Waals surface area contributed by atoms with E-state index in [1.54, 1.807) is 30.3 Å². The van der Waals surface area contributed by atoms with E-state index < -0.39 is 17.2 Å². The first-order valence-corrected chi connectivity index (χ1v) is 10.1. The smallest absolute Gasteiger partial charge is 0.330 e. The fourth-order valence-electron chi connectivity index (χ4n) is 3.04. The lowest BCUT2D eigenvalue weighted by molar-refractivity contribution is -0.115. The van der Waals surface area contributed by atoms with Crippen LogP contribution in [-0.4, -0.2) is 41.6 Å². The van der Waals surface area contributed by atoms with E-state index in [2.05, 4.69) is 10.3 Å². The number of nitrogens with two attached hydrogens (primary N) is 1. The number of nitrogen functional groups attached to an aromatic ring is 1. The molecule has 2 aromatic rings. The van der Waals surface area contributed by atoms with Crippen LogP contribution in [0.1, 0.15) is 26.3 Å². The number of ether oxygens (including phenoxy) is 1. The van der Waals surface area contributed by atoms with Crippen LogP contribution in [0.25, 0.3) is 6.08 Å². The molecule has 0 atom stereocenters. The van der Waals surface area contributed by atoms with Crippen molar-refractivity contribution in [2.24, 2.45) is 5.92 Å². The first-order valence-electron chi connectivity index (χ1n) is 10.1. The molecular formula is C22H29N5O5. The molecule has 2 amide bonds. The van der Waals surface area contributed by atoms with Crippen molar-refractivity contribution in [1.82, 2.24) is 9.55 Å². The number of nitrogens with zero attached hydrogens (tertiary/aromatic N) is 2. The molecule has 10 heteroatoms. The molecular weight excluding hydrogens is 414 g/mol. The third-order valence-corrected chi connectivity index (χ3v) is 4.47. The summed E-state index contributed by atoms with van der Waals surface area (Å²) < 4.78 is 6.32. The Labute approximate surface area is 185 Å². The van der Waals surface area contributed by atoms with Crippen LogP contribution in [0, 0.1) is 5.92 Å². The number of anilines is 3. The number of rotatable bonds is 9. The minimum atomic E-state index is -0.745. The fourth-order valence-corrected chi connectivity index (χ4v) is 3.04. The number of nitrogens with one attached hydrogen (secondary N) is 2. The summed E-state index contributed by atoms with van der Waals surface area (Å²) in [4.78, 5) is 52.3. The molecule has 0 aliphatic heterocycles. The first-order chi connectivity index (χ1) is 15.1. The Balaban J connectivity index is 2.38. The van der Waals surface area contributed by atoms with Gasteiger partial charge in [0.25, 0.3) is 11.5 Å². The molecule has 1 aromatic heterocycles. The van der Waals surface area contributed by atoms with E-state index in [1.165, 1.54) is 29.6 Å². The van der Waals surface area contributed by atoms with Crippen LogP contribution in [0.5, 0.6) is 0 Å². The second-order valence-electron chi connectivity index (χ2n) is 7.62. The third-order valence-electron chi connectivity index (χ3n) is 4.47. The minimum Gasteiger partial charge on any atom is -0.383 e. The minimum absolute atomic E-state index is 0.0638. The average molecular weight is 444 g/mol. The summed E-state index contributed by atoms with van der Waals surface area (Å²) in [6, 6.07) is 6.88. The van der Waals surface area contributed by atoms with Gasteiger partial charge in [-0.15, -0.1) is 0 Å². The van der Waals surface area contributed by atoms with Gasteiger partial charge in [0.2, 0.25) is 5.91 Å². The Hall–Kier alpha value is -3.66. The van der Waals surface area contributed by atoms with Crippen molar-refractivity contribution in [3.05, 3.63) is 56.7 Å².